The molecule has 0 N–H and O–H groups in total. The molecule has 0 aromatic heterocycles. The van der Waals surface area contributed by atoms with E-state index in [1.807, 2.05) is 0 Å². The highest BCUT2D eigenvalue weighted by atomic mass is 15.1. The zero-order chi connectivity index (χ0) is 15.8. The Morgan fingerprint density at radius 2 is 1.77 bits per heavy atom. The third-order valence-corrected chi connectivity index (χ3v) is 6.11. The van der Waals surface area contributed by atoms with Gasteiger partial charge in [-0.15, -0.1) is 0 Å². The molecule has 0 radical (unpaired) electrons. The Kier molecular flexibility index (Phi) is 4.38. The van der Waals surface area contributed by atoms with E-state index in [9.17, 15) is 0 Å². The number of nitrogens with zero attached hydrogens (tertiary/aromatic N) is 1. The molecule has 122 valence electrons. The van der Waals surface area contributed by atoms with E-state index >= 15 is 0 Å². The quantitative estimate of drug-likeness (QED) is 0.711. The van der Waals surface area contributed by atoms with E-state index in [1.165, 1.54) is 51.7 Å². The van der Waals surface area contributed by atoms with Crippen molar-refractivity contribution < 1.29 is 0 Å². The molecule has 1 unspecified atom stereocenters. The van der Waals surface area contributed by atoms with Crippen LogP contribution in [0.1, 0.15) is 76.8 Å². The maximum Gasteiger partial charge on any atom is -0.00102 e. The van der Waals surface area contributed by atoms with E-state index in [0.29, 0.717) is 10.8 Å². The molecule has 1 atom stereocenters. The Morgan fingerprint density at radius 1 is 1.09 bits per heavy atom. The van der Waals surface area contributed by atoms with Gasteiger partial charge >= 0.3 is 0 Å². The first-order chi connectivity index (χ1) is 10.4. The third kappa shape index (κ3) is 3.25. The summed E-state index contributed by atoms with van der Waals surface area (Å²) in [5, 5.41) is 0. The number of hydrogen-bond acceptors (Lipinski definition) is 1. The molecule has 1 aliphatic heterocycles. The lowest BCUT2D eigenvalue weighted by atomic mass is 9.62. The van der Waals surface area contributed by atoms with Crippen molar-refractivity contribution >= 4 is 0 Å². The van der Waals surface area contributed by atoms with Crippen molar-refractivity contribution in [3.05, 3.63) is 35.4 Å². The predicted molar refractivity (Wildman–Crippen MR) is 95.5 cm³/mol. The average Bonchev–Trinajstić information content (AvgIpc) is 2.50. The Labute approximate surface area is 137 Å². The van der Waals surface area contributed by atoms with Gasteiger partial charge in [0.05, 0.1) is 0 Å². The second-order valence-corrected chi connectivity index (χ2v) is 8.96. The van der Waals surface area contributed by atoms with Crippen molar-refractivity contribution in [1.29, 1.82) is 0 Å². The van der Waals surface area contributed by atoms with E-state index < -0.39 is 0 Å². The molecule has 3 rings (SSSR count). The first-order valence-electron chi connectivity index (χ1n) is 9.21. The molecule has 0 amide bonds. The van der Waals surface area contributed by atoms with Gasteiger partial charge in [-0.25, -0.2) is 0 Å². The summed E-state index contributed by atoms with van der Waals surface area (Å²) in [5.41, 5.74) is 4.27. The number of fused-ring (bicyclic) bond motifs is 2. The van der Waals surface area contributed by atoms with Crippen molar-refractivity contribution in [3.63, 3.8) is 0 Å². The topological polar surface area (TPSA) is 3.24 Å². The fourth-order valence-electron chi connectivity index (χ4n) is 4.41. The summed E-state index contributed by atoms with van der Waals surface area (Å²) >= 11 is 0. The SMILES string of the molecule is CC1CCC2(CCN(CCC(C)(C)C)CC2)c2ccccc21. The predicted octanol–water partition coefficient (Wildman–Crippen LogP) is 5.35. The minimum absolute atomic E-state index is 0.460. The molecule has 1 nitrogen and oxygen atoms in total. The Bertz CT molecular complexity index is 503. The van der Waals surface area contributed by atoms with Gasteiger partial charge in [0.25, 0.3) is 0 Å². The van der Waals surface area contributed by atoms with Crippen LogP contribution in [0.4, 0.5) is 0 Å². The summed E-state index contributed by atoms with van der Waals surface area (Å²) in [6, 6.07) is 9.29. The standard InChI is InChI=1S/C21H33N/c1-17-9-10-21(19-8-6-5-7-18(17)19)12-15-22(16-13-21)14-11-20(2,3)4/h5-8,17H,9-16H2,1-4H3. The molecule has 0 bridgehead atoms. The largest absolute Gasteiger partial charge is 0.303 e. The fourth-order valence-corrected chi connectivity index (χ4v) is 4.41. The number of piperidine rings is 1. The van der Waals surface area contributed by atoms with Crippen LogP contribution in [0.5, 0.6) is 0 Å². The molecule has 1 saturated heterocycles. The van der Waals surface area contributed by atoms with E-state index in [2.05, 4.69) is 56.9 Å². The van der Waals surface area contributed by atoms with Gasteiger partial charge in [0, 0.05) is 0 Å². The molecule has 1 aliphatic carbocycles. The second-order valence-electron chi connectivity index (χ2n) is 8.96. The van der Waals surface area contributed by atoms with Crippen LogP contribution in [0.25, 0.3) is 0 Å². The Balaban J connectivity index is 1.69. The highest BCUT2D eigenvalue weighted by molar-refractivity contribution is 5.39. The average molecular weight is 300 g/mol. The van der Waals surface area contributed by atoms with E-state index in [1.54, 1.807) is 11.1 Å². The molecule has 1 fully saturated rings. The number of likely N-dealkylation sites (tertiary alicyclic amines) is 1. The van der Waals surface area contributed by atoms with Crippen LogP contribution in [0, 0.1) is 5.41 Å². The molecular formula is C21H33N. The highest BCUT2D eigenvalue weighted by Gasteiger charge is 2.40. The number of benzene rings is 1. The summed E-state index contributed by atoms with van der Waals surface area (Å²) in [6.45, 7) is 13.3. The first kappa shape index (κ1) is 16.1. The van der Waals surface area contributed by atoms with E-state index in [4.69, 9.17) is 0 Å². The lowest BCUT2D eigenvalue weighted by Gasteiger charge is -2.47. The van der Waals surface area contributed by atoms with Crippen molar-refractivity contribution in [3.8, 4) is 0 Å². The molecule has 1 heterocycles. The Hall–Kier alpha value is -0.820. The molecule has 1 aromatic carbocycles. The molecule has 0 saturated carbocycles. The smallest absolute Gasteiger partial charge is 0.00102 e. The van der Waals surface area contributed by atoms with Crippen LogP contribution in [0.2, 0.25) is 0 Å². The van der Waals surface area contributed by atoms with Gasteiger partial charge in [-0.1, -0.05) is 52.0 Å². The monoisotopic (exact) mass is 299 g/mol. The van der Waals surface area contributed by atoms with Gasteiger partial charge in [-0.3, -0.25) is 0 Å². The number of rotatable bonds is 2. The Morgan fingerprint density at radius 3 is 2.45 bits per heavy atom. The van der Waals surface area contributed by atoms with Crippen LogP contribution in [-0.2, 0) is 5.41 Å². The molecule has 1 spiro atoms. The van der Waals surface area contributed by atoms with Crippen LogP contribution < -0.4 is 0 Å². The number of hydrogen-bond donors (Lipinski definition) is 0. The summed E-state index contributed by atoms with van der Waals surface area (Å²) in [5.74, 6) is 0.751. The van der Waals surface area contributed by atoms with Crippen molar-refractivity contribution in [1.82, 2.24) is 4.90 Å². The fraction of sp³-hybridized carbons (Fsp3) is 0.714. The summed E-state index contributed by atoms with van der Waals surface area (Å²) in [4.78, 5) is 2.71. The first-order valence-corrected chi connectivity index (χ1v) is 9.21. The second kappa shape index (κ2) is 6.00. The van der Waals surface area contributed by atoms with Crippen LogP contribution in [0.3, 0.4) is 0 Å². The van der Waals surface area contributed by atoms with Crippen LogP contribution in [0.15, 0.2) is 24.3 Å². The van der Waals surface area contributed by atoms with Gasteiger partial charge in [0.2, 0.25) is 0 Å². The van der Waals surface area contributed by atoms with Gasteiger partial charge in [-0.2, -0.15) is 0 Å². The van der Waals surface area contributed by atoms with Gasteiger partial charge in [-0.05, 0) is 79.6 Å². The molecule has 1 aromatic rings. The van der Waals surface area contributed by atoms with Gasteiger partial charge < -0.3 is 4.90 Å². The molecular weight excluding hydrogens is 266 g/mol. The molecule has 1 heteroatoms. The highest BCUT2D eigenvalue weighted by Crippen LogP contribution is 2.48. The van der Waals surface area contributed by atoms with Crippen molar-refractivity contribution in [2.24, 2.45) is 5.41 Å². The lowest BCUT2D eigenvalue weighted by molar-refractivity contribution is 0.129. The maximum atomic E-state index is 2.71. The minimum Gasteiger partial charge on any atom is -0.303 e. The summed E-state index contributed by atoms with van der Waals surface area (Å²) < 4.78 is 0. The normalized spacial score (nSPS) is 25.2. The molecule has 2 aliphatic rings. The summed E-state index contributed by atoms with van der Waals surface area (Å²) in [7, 11) is 0. The zero-order valence-electron chi connectivity index (χ0n) is 15.0. The summed E-state index contributed by atoms with van der Waals surface area (Å²) in [6.07, 6.45) is 6.81. The van der Waals surface area contributed by atoms with E-state index in [0.717, 1.165) is 5.92 Å². The van der Waals surface area contributed by atoms with Crippen LogP contribution in [-0.4, -0.2) is 24.5 Å². The minimum atomic E-state index is 0.460. The van der Waals surface area contributed by atoms with E-state index in [-0.39, 0.29) is 0 Å². The van der Waals surface area contributed by atoms with Crippen molar-refractivity contribution in [2.45, 2.75) is 71.1 Å². The molecule has 22 heavy (non-hydrogen) atoms. The van der Waals surface area contributed by atoms with Gasteiger partial charge in [0.15, 0.2) is 0 Å². The van der Waals surface area contributed by atoms with Crippen molar-refractivity contribution in [2.75, 3.05) is 19.6 Å². The van der Waals surface area contributed by atoms with Gasteiger partial charge in [0.1, 0.15) is 0 Å². The lowest BCUT2D eigenvalue weighted by Crippen LogP contribution is -2.45. The third-order valence-electron chi connectivity index (χ3n) is 6.11. The zero-order valence-corrected chi connectivity index (χ0v) is 15.0. The van der Waals surface area contributed by atoms with Crippen LogP contribution >= 0.6 is 0 Å². The maximum absolute atomic E-state index is 2.71.